The average Bonchev–Trinajstić information content (AvgIpc) is 3.01. The number of halogens is 6. The molecule has 0 atom stereocenters. The monoisotopic (exact) mass is 434 g/mol. The van der Waals surface area contributed by atoms with Crippen LogP contribution in [0.5, 0.6) is 0 Å². The van der Waals surface area contributed by atoms with Gasteiger partial charge in [-0.25, -0.2) is 26.9 Å². The lowest BCUT2D eigenvalue weighted by Gasteiger charge is -2.04. The molecule has 0 radical (unpaired) electrons. The van der Waals surface area contributed by atoms with Gasteiger partial charge in [0.05, 0.1) is 0 Å². The minimum atomic E-state index is -2.27. The number of amides is 1. The van der Waals surface area contributed by atoms with Crippen molar-refractivity contribution in [1.82, 2.24) is 4.98 Å². The normalized spacial score (nSPS) is 11.2. The fourth-order valence-corrected chi connectivity index (χ4v) is 2.57. The zero-order valence-electron chi connectivity index (χ0n) is 12.7. The van der Waals surface area contributed by atoms with Gasteiger partial charge in [-0.2, -0.15) is 0 Å². The zero-order chi connectivity index (χ0) is 19.0. The SMILES string of the molecule is O=C(CCBr)Nc1ccc2oc(-c3c(F)c(F)c(F)c(F)c3F)nc2c1. The summed E-state index contributed by atoms with van der Waals surface area (Å²) in [6.45, 7) is 0. The molecule has 0 fully saturated rings. The maximum atomic E-state index is 13.9. The minimum absolute atomic E-state index is 0.0439. The van der Waals surface area contributed by atoms with Crippen LogP contribution in [-0.4, -0.2) is 16.2 Å². The Morgan fingerprint density at radius 2 is 1.65 bits per heavy atom. The van der Waals surface area contributed by atoms with Crippen LogP contribution in [0.3, 0.4) is 0 Å². The van der Waals surface area contributed by atoms with Crippen molar-refractivity contribution in [2.75, 3.05) is 10.6 Å². The predicted molar refractivity (Wildman–Crippen MR) is 86.3 cm³/mol. The third-order valence-corrected chi connectivity index (χ3v) is 3.81. The standard InChI is InChI=1S/C16H8BrF5N2O2/c17-4-3-9(25)23-6-1-2-8-7(5-6)24-16(26-8)10-11(18)13(20)15(22)14(21)12(10)19/h1-2,5H,3-4H2,(H,23,25). The van der Waals surface area contributed by atoms with Crippen LogP contribution >= 0.6 is 15.9 Å². The van der Waals surface area contributed by atoms with Gasteiger partial charge in [-0.05, 0) is 18.2 Å². The zero-order valence-corrected chi connectivity index (χ0v) is 14.3. The lowest BCUT2D eigenvalue weighted by molar-refractivity contribution is -0.115. The molecule has 26 heavy (non-hydrogen) atoms. The maximum absolute atomic E-state index is 13.9. The Kier molecular flexibility index (Phi) is 4.94. The second-order valence-electron chi connectivity index (χ2n) is 5.13. The summed E-state index contributed by atoms with van der Waals surface area (Å²) in [7, 11) is 0. The Labute approximate surface area is 151 Å². The summed E-state index contributed by atoms with van der Waals surface area (Å²) >= 11 is 3.12. The van der Waals surface area contributed by atoms with Gasteiger partial charge in [0.1, 0.15) is 11.1 Å². The number of aromatic nitrogens is 1. The molecule has 3 rings (SSSR count). The highest BCUT2D eigenvalue weighted by Gasteiger charge is 2.29. The molecule has 1 heterocycles. The Morgan fingerprint density at radius 1 is 1.04 bits per heavy atom. The fraction of sp³-hybridized carbons (Fsp3) is 0.125. The van der Waals surface area contributed by atoms with Gasteiger partial charge in [0.15, 0.2) is 28.9 Å². The molecule has 0 spiro atoms. The van der Waals surface area contributed by atoms with Crippen LogP contribution in [0.15, 0.2) is 22.6 Å². The molecule has 0 bridgehead atoms. The third kappa shape index (κ3) is 3.16. The number of alkyl halides is 1. The lowest BCUT2D eigenvalue weighted by atomic mass is 10.1. The maximum Gasteiger partial charge on any atom is 0.233 e. The molecule has 0 aliphatic heterocycles. The van der Waals surface area contributed by atoms with E-state index in [9.17, 15) is 26.7 Å². The second-order valence-corrected chi connectivity index (χ2v) is 5.93. The molecule has 4 nitrogen and oxygen atoms in total. The smallest absolute Gasteiger partial charge is 0.233 e. The van der Waals surface area contributed by atoms with E-state index >= 15 is 0 Å². The summed E-state index contributed by atoms with van der Waals surface area (Å²) < 4.78 is 72.7. The first kappa shape index (κ1) is 18.3. The van der Waals surface area contributed by atoms with Crippen LogP contribution in [0.2, 0.25) is 0 Å². The Balaban J connectivity index is 2.07. The van der Waals surface area contributed by atoms with E-state index < -0.39 is 40.5 Å². The van der Waals surface area contributed by atoms with E-state index in [0.717, 1.165) is 0 Å². The number of hydrogen-bond acceptors (Lipinski definition) is 3. The second kappa shape index (κ2) is 7.02. The number of anilines is 1. The van der Waals surface area contributed by atoms with E-state index in [1.807, 2.05) is 0 Å². The van der Waals surface area contributed by atoms with Gasteiger partial charge in [0, 0.05) is 17.4 Å². The summed E-state index contributed by atoms with van der Waals surface area (Å²) in [5.41, 5.74) is -0.814. The van der Waals surface area contributed by atoms with Crippen molar-refractivity contribution in [1.29, 1.82) is 0 Å². The highest BCUT2D eigenvalue weighted by Crippen LogP contribution is 2.33. The van der Waals surface area contributed by atoms with E-state index in [0.29, 0.717) is 11.0 Å². The Hall–Kier alpha value is -2.49. The van der Waals surface area contributed by atoms with Gasteiger partial charge in [-0.1, -0.05) is 15.9 Å². The first-order chi connectivity index (χ1) is 12.3. The molecule has 0 saturated carbocycles. The molecule has 0 unspecified atom stereocenters. The van der Waals surface area contributed by atoms with E-state index in [4.69, 9.17) is 4.42 Å². The summed E-state index contributed by atoms with van der Waals surface area (Å²) in [5.74, 6) is -11.6. The van der Waals surface area contributed by atoms with Crippen LogP contribution in [0.25, 0.3) is 22.6 Å². The number of rotatable bonds is 4. The third-order valence-electron chi connectivity index (χ3n) is 3.42. The number of carbonyl (C=O) groups is 1. The molecule has 2 aromatic carbocycles. The molecule has 1 aromatic heterocycles. The molecule has 10 heteroatoms. The first-order valence-corrected chi connectivity index (χ1v) is 8.23. The van der Waals surface area contributed by atoms with Crippen molar-refractivity contribution in [2.24, 2.45) is 0 Å². The number of hydrogen-bond donors (Lipinski definition) is 1. The van der Waals surface area contributed by atoms with Crippen molar-refractivity contribution in [3.05, 3.63) is 47.3 Å². The molecular weight excluding hydrogens is 427 g/mol. The average molecular weight is 435 g/mol. The summed E-state index contributed by atoms with van der Waals surface area (Å²) in [6.07, 6.45) is 0.215. The van der Waals surface area contributed by atoms with E-state index in [2.05, 4.69) is 26.2 Å². The van der Waals surface area contributed by atoms with Crippen molar-refractivity contribution >= 4 is 38.6 Å². The number of nitrogens with one attached hydrogen (secondary N) is 1. The summed E-state index contributed by atoms with van der Waals surface area (Å²) in [5, 5.41) is 3.02. The highest BCUT2D eigenvalue weighted by atomic mass is 79.9. The van der Waals surface area contributed by atoms with Crippen LogP contribution in [0.4, 0.5) is 27.6 Å². The fourth-order valence-electron chi connectivity index (χ4n) is 2.21. The van der Waals surface area contributed by atoms with Crippen molar-refractivity contribution in [3.63, 3.8) is 0 Å². The number of carbonyl (C=O) groups excluding carboxylic acids is 1. The van der Waals surface area contributed by atoms with E-state index in [-0.39, 0.29) is 23.4 Å². The molecule has 3 aromatic rings. The molecule has 1 amide bonds. The van der Waals surface area contributed by atoms with Crippen LogP contribution in [0.1, 0.15) is 6.42 Å². The van der Waals surface area contributed by atoms with Gasteiger partial charge >= 0.3 is 0 Å². The molecule has 0 aliphatic rings. The quantitative estimate of drug-likeness (QED) is 0.274. The Morgan fingerprint density at radius 3 is 2.27 bits per heavy atom. The Bertz CT molecular complexity index is 993. The van der Waals surface area contributed by atoms with Gasteiger partial charge < -0.3 is 9.73 Å². The van der Waals surface area contributed by atoms with Gasteiger partial charge in [-0.15, -0.1) is 0 Å². The number of benzene rings is 2. The lowest BCUT2D eigenvalue weighted by Crippen LogP contribution is -2.11. The van der Waals surface area contributed by atoms with Gasteiger partial charge in [0.25, 0.3) is 0 Å². The van der Waals surface area contributed by atoms with Crippen LogP contribution < -0.4 is 5.32 Å². The predicted octanol–water partition coefficient (Wildman–Crippen LogP) is 4.91. The number of oxazole rings is 1. The van der Waals surface area contributed by atoms with Crippen LogP contribution in [-0.2, 0) is 4.79 Å². The molecule has 0 saturated heterocycles. The molecular formula is C16H8BrF5N2O2. The largest absolute Gasteiger partial charge is 0.436 e. The van der Waals surface area contributed by atoms with Crippen LogP contribution in [0, 0.1) is 29.1 Å². The molecule has 0 aliphatic carbocycles. The summed E-state index contributed by atoms with van der Waals surface area (Å²) in [4.78, 5) is 15.3. The number of fused-ring (bicyclic) bond motifs is 1. The highest BCUT2D eigenvalue weighted by molar-refractivity contribution is 9.09. The number of nitrogens with zero attached hydrogens (tertiary/aromatic N) is 1. The summed E-state index contributed by atoms with van der Waals surface area (Å²) in [6, 6.07) is 4.14. The van der Waals surface area contributed by atoms with Crippen molar-refractivity contribution < 1.29 is 31.2 Å². The topological polar surface area (TPSA) is 55.1 Å². The van der Waals surface area contributed by atoms with Gasteiger partial charge in [-0.3, -0.25) is 4.79 Å². The minimum Gasteiger partial charge on any atom is -0.436 e. The van der Waals surface area contributed by atoms with E-state index in [1.165, 1.54) is 18.2 Å². The first-order valence-electron chi connectivity index (χ1n) is 7.11. The van der Waals surface area contributed by atoms with Crippen molar-refractivity contribution in [3.8, 4) is 11.5 Å². The van der Waals surface area contributed by atoms with E-state index in [1.54, 1.807) is 0 Å². The van der Waals surface area contributed by atoms with Crippen molar-refractivity contribution in [2.45, 2.75) is 6.42 Å². The van der Waals surface area contributed by atoms with Gasteiger partial charge in [0.2, 0.25) is 17.6 Å². The molecule has 1 N–H and O–H groups in total. The molecule has 136 valence electrons.